The largest absolute Gasteiger partial charge is 0.444 e. The lowest BCUT2D eigenvalue weighted by molar-refractivity contribution is -0.0472. The van der Waals surface area contributed by atoms with Crippen molar-refractivity contribution in [3.8, 4) is 0 Å². The van der Waals surface area contributed by atoms with E-state index in [0.29, 0.717) is 0 Å². The average molecular weight is 702 g/mol. The van der Waals surface area contributed by atoms with Crippen molar-refractivity contribution in [2.75, 3.05) is 20.7 Å². The number of carbonyl (C=O) groups excluding carboxylic acids is 1. The van der Waals surface area contributed by atoms with Crippen molar-refractivity contribution >= 4 is 75.1 Å². The highest BCUT2D eigenvalue weighted by molar-refractivity contribution is 9.09. The molecule has 0 spiro atoms. The van der Waals surface area contributed by atoms with E-state index in [1.165, 1.54) is 12.7 Å². The molecule has 14 heteroatoms. The standard InChI is InChI=1S/C30H34BrClN6O5Si/c1-30(2,3)44(19-12-8-6-9-13-19,20-14-10-7-11-15-20)41-16-21-22(31)24(43-28(32)40)27(42-21)38-18-33-23-25(38)35-29(36-26(23)39)34-17-37(4)5/h6-15,17-18,21-22,24,27H,16H2,1-5H3,(H,35,36,39)/b34-17+/t21-,22+,24-,27-/m1/s1. The van der Waals surface area contributed by atoms with Crippen LogP contribution in [0.4, 0.5) is 10.7 Å². The van der Waals surface area contributed by atoms with Crippen LogP contribution in [-0.2, 0) is 13.9 Å². The number of aromatic amines is 1. The van der Waals surface area contributed by atoms with Gasteiger partial charge in [0.05, 0.1) is 30.2 Å². The molecule has 0 radical (unpaired) electrons. The molecule has 1 fully saturated rings. The van der Waals surface area contributed by atoms with Crippen molar-refractivity contribution in [1.82, 2.24) is 24.4 Å². The van der Waals surface area contributed by atoms with Gasteiger partial charge in [0.25, 0.3) is 13.9 Å². The van der Waals surface area contributed by atoms with Crippen molar-refractivity contribution in [2.24, 2.45) is 4.99 Å². The molecule has 0 amide bonds. The number of aliphatic imine (C=N–C) groups is 1. The van der Waals surface area contributed by atoms with Crippen LogP contribution in [0, 0.1) is 0 Å². The van der Waals surface area contributed by atoms with Crippen LogP contribution in [0.1, 0.15) is 27.0 Å². The number of rotatable bonds is 9. The number of fused-ring (bicyclic) bond motifs is 1. The molecule has 4 aromatic rings. The molecule has 11 nitrogen and oxygen atoms in total. The number of imidazole rings is 1. The van der Waals surface area contributed by atoms with E-state index in [4.69, 9.17) is 25.5 Å². The van der Waals surface area contributed by atoms with Gasteiger partial charge in [0.2, 0.25) is 5.95 Å². The Balaban J connectivity index is 1.53. The number of H-pyrrole nitrogens is 1. The summed E-state index contributed by atoms with van der Waals surface area (Å²) in [7, 11) is 0.700. The van der Waals surface area contributed by atoms with E-state index < -0.39 is 42.6 Å². The van der Waals surface area contributed by atoms with E-state index >= 15 is 0 Å². The van der Waals surface area contributed by atoms with Gasteiger partial charge in [0, 0.05) is 25.7 Å². The van der Waals surface area contributed by atoms with E-state index in [1.54, 1.807) is 23.6 Å². The molecule has 4 atom stereocenters. The third-order valence-corrected chi connectivity index (χ3v) is 13.7. The Labute approximate surface area is 269 Å². The number of benzene rings is 2. The number of halogens is 2. The maximum Gasteiger partial charge on any atom is 0.404 e. The predicted octanol–water partition coefficient (Wildman–Crippen LogP) is 4.32. The second-order valence-electron chi connectivity index (χ2n) is 11.7. The number of nitrogens with one attached hydrogen (secondary N) is 1. The normalized spacial score (nSPS) is 20.8. The number of carbonyl (C=O) groups is 1. The van der Waals surface area contributed by atoms with Crippen molar-refractivity contribution in [2.45, 2.75) is 49.1 Å². The molecule has 44 heavy (non-hydrogen) atoms. The highest BCUT2D eigenvalue weighted by Gasteiger charge is 2.53. The Morgan fingerprint density at radius 1 is 1.16 bits per heavy atom. The zero-order chi connectivity index (χ0) is 31.6. The summed E-state index contributed by atoms with van der Waals surface area (Å²) in [4.78, 5) is 41.6. The van der Waals surface area contributed by atoms with E-state index in [9.17, 15) is 9.59 Å². The molecule has 0 unspecified atom stereocenters. The molecule has 0 saturated carbocycles. The van der Waals surface area contributed by atoms with Gasteiger partial charge in [-0.2, -0.15) is 4.98 Å². The first-order chi connectivity index (χ1) is 20.9. The monoisotopic (exact) mass is 700 g/mol. The molecule has 0 bridgehead atoms. The van der Waals surface area contributed by atoms with Crippen molar-refractivity contribution < 1.29 is 18.7 Å². The Hall–Kier alpha value is -3.36. The fourth-order valence-electron chi connectivity index (χ4n) is 5.59. The fraction of sp³-hybridized carbons (Fsp3) is 0.367. The van der Waals surface area contributed by atoms with Gasteiger partial charge >= 0.3 is 5.43 Å². The minimum Gasteiger partial charge on any atom is -0.444 e. The molecular formula is C30H34BrClN6O5Si. The van der Waals surface area contributed by atoms with E-state index in [1.807, 2.05) is 36.4 Å². The minimum atomic E-state index is -2.90. The lowest BCUT2D eigenvalue weighted by Gasteiger charge is -2.43. The summed E-state index contributed by atoms with van der Waals surface area (Å²) in [6.45, 7) is 6.75. The van der Waals surface area contributed by atoms with Gasteiger partial charge in [-0.1, -0.05) is 97.4 Å². The highest BCUT2D eigenvalue weighted by Crippen LogP contribution is 2.41. The van der Waals surface area contributed by atoms with Crippen LogP contribution < -0.4 is 15.9 Å². The molecule has 1 aliphatic rings. The van der Waals surface area contributed by atoms with Gasteiger partial charge in [-0.05, 0) is 15.4 Å². The van der Waals surface area contributed by atoms with Gasteiger partial charge in [0.15, 0.2) is 23.5 Å². The first-order valence-corrected chi connectivity index (χ1v) is 17.2. The molecule has 1 aliphatic heterocycles. The first kappa shape index (κ1) is 32.0. The Kier molecular flexibility index (Phi) is 9.42. The second kappa shape index (κ2) is 12.9. The number of alkyl halides is 1. The van der Waals surface area contributed by atoms with Crippen LogP contribution in [0.15, 0.2) is 76.8 Å². The quantitative estimate of drug-likeness (QED) is 0.0900. The van der Waals surface area contributed by atoms with Gasteiger partial charge in [-0.25, -0.2) is 14.8 Å². The van der Waals surface area contributed by atoms with Crippen molar-refractivity contribution in [3.63, 3.8) is 0 Å². The van der Waals surface area contributed by atoms with Gasteiger partial charge < -0.3 is 18.8 Å². The summed E-state index contributed by atoms with van der Waals surface area (Å²) in [6, 6.07) is 20.5. The summed E-state index contributed by atoms with van der Waals surface area (Å²) in [5.74, 6) is 0.0868. The third-order valence-electron chi connectivity index (χ3n) is 7.48. The predicted molar refractivity (Wildman–Crippen MR) is 176 cm³/mol. The van der Waals surface area contributed by atoms with Crippen LogP contribution in [0.3, 0.4) is 0 Å². The fourth-order valence-corrected chi connectivity index (χ4v) is 10.9. The Morgan fingerprint density at radius 3 is 2.32 bits per heavy atom. The molecule has 232 valence electrons. The van der Waals surface area contributed by atoms with Crippen LogP contribution in [-0.4, -0.2) is 82.2 Å². The lowest BCUT2D eigenvalue weighted by atomic mass is 10.2. The van der Waals surface area contributed by atoms with Gasteiger partial charge in [0.1, 0.15) is 0 Å². The van der Waals surface area contributed by atoms with Crippen molar-refractivity contribution in [3.05, 3.63) is 77.3 Å². The van der Waals surface area contributed by atoms with Gasteiger partial charge in [-0.15, -0.1) is 0 Å². The zero-order valence-electron chi connectivity index (χ0n) is 25.0. The summed E-state index contributed by atoms with van der Waals surface area (Å²) >= 11 is 9.44. The Morgan fingerprint density at radius 2 is 1.77 bits per heavy atom. The van der Waals surface area contributed by atoms with Crippen LogP contribution in [0.2, 0.25) is 5.04 Å². The maximum atomic E-state index is 12.8. The number of nitrogens with zero attached hydrogens (tertiary/aromatic N) is 5. The summed E-state index contributed by atoms with van der Waals surface area (Å²) in [5.41, 5.74) is -1.15. The average Bonchev–Trinajstić information content (AvgIpc) is 3.53. The molecule has 1 saturated heterocycles. The minimum absolute atomic E-state index is 0.0868. The van der Waals surface area contributed by atoms with Crippen LogP contribution >= 0.6 is 27.5 Å². The van der Waals surface area contributed by atoms with Crippen molar-refractivity contribution in [1.29, 1.82) is 0 Å². The number of hydrogen-bond acceptors (Lipinski definition) is 8. The topological polar surface area (TPSA) is 124 Å². The number of aromatic nitrogens is 4. The molecule has 2 aromatic carbocycles. The zero-order valence-corrected chi connectivity index (χ0v) is 28.3. The maximum absolute atomic E-state index is 12.8. The number of hydrogen-bond donors (Lipinski definition) is 1. The second-order valence-corrected chi connectivity index (χ2v) is 17.4. The van der Waals surface area contributed by atoms with E-state index in [2.05, 4.69) is 80.9 Å². The van der Waals surface area contributed by atoms with E-state index in [0.717, 1.165) is 10.4 Å². The van der Waals surface area contributed by atoms with Crippen LogP contribution in [0.5, 0.6) is 0 Å². The molecule has 5 rings (SSSR count). The molecule has 3 heterocycles. The summed E-state index contributed by atoms with van der Waals surface area (Å²) in [6.07, 6.45) is 0.562. The number of ether oxygens (including phenoxy) is 2. The Bertz CT molecular complexity index is 1660. The van der Waals surface area contributed by atoms with Crippen LogP contribution in [0.25, 0.3) is 11.2 Å². The third kappa shape index (κ3) is 6.24. The molecule has 2 aromatic heterocycles. The van der Waals surface area contributed by atoms with E-state index in [-0.39, 0.29) is 28.8 Å². The molecular weight excluding hydrogens is 668 g/mol. The smallest absolute Gasteiger partial charge is 0.404 e. The lowest BCUT2D eigenvalue weighted by Crippen LogP contribution is -2.67. The molecule has 1 N–H and O–H groups in total. The molecule has 0 aliphatic carbocycles. The van der Waals surface area contributed by atoms with Gasteiger partial charge in [-0.3, -0.25) is 14.3 Å². The first-order valence-electron chi connectivity index (χ1n) is 14.0. The summed E-state index contributed by atoms with van der Waals surface area (Å²) < 4.78 is 20.8. The summed E-state index contributed by atoms with van der Waals surface area (Å²) in [5, 5.41) is 1.99. The highest BCUT2D eigenvalue weighted by atomic mass is 79.9. The SMILES string of the molecule is CN(C)/C=N/c1nc2c(ncn2[C@@H]2O[C@H](CO[Si](c3ccccc3)(c3ccccc3)C(C)(C)C)[C@H](Br)[C@H]2OC(=O)Cl)c(=O)[nH]1.